The van der Waals surface area contributed by atoms with Crippen LogP contribution in [0.5, 0.6) is 0 Å². The van der Waals surface area contributed by atoms with Crippen LogP contribution in [0.1, 0.15) is 0 Å². The van der Waals surface area contributed by atoms with Gasteiger partial charge in [0.2, 0.25) is 0 Å². The summed E-state index contributed by atoms with van der Waals surface area (Å²) < 4.78 is 13.3. The average Bonchev–Trinajstić information content (AvgIpc) is 3.51. The molecule has 2 saturated heterocycles. The van der Waals surface area contributed by atoms with Crippen molar-refractivity contribution in [3.8, 4) is 0 Å². The molecule has 0 bridgehead atoms. The highest BCUT2D eigenvalue weighted by atomic mass is 31.1. The number of rotatable bonds is 6. The zero-order valence-electron chi connectivity index (χ0n) is 19.0. The normalized spacial score (nSPS) is 23.9. The van der Waals surface area contributed by atoms with E-state index < -0.39 is 15.8 Å². The molecule has 2 aliphatic heterocycles. The molecular formula is C30H28O2P2. The number of hydrogen-bond acceptors (Lipinski definition) is 2. The molecule has 170 valence electrons. The van der Waals surface area contributed by atoms with Crippen LogP contribution in [0.2, 0.25) is 0 Å². The van der Waals surface area contributed by atoms with Gasteiger partial charge in [0, 0.05) is 11.3 Å². The second-order valence-electron chi connectivity index (χ2n) is 8.81. The Morgan fingerprint density at radius 3 is 0.941 bits per heavy atom. The second-order valence-corrected chi connectivity index (χ2v) is 13.7. The predicted octanol–water partition coefficient (Wildman–Crippen LogP) is 4.79. The van der Waals surface area contributed by atoms with E-state index in [9.17, 15) is 0 Å². The summed E-state index contributed by atoms with van der Waals surface area (Å²) in [5.74, 6) is 0. The van der Waals surface area contributed by atoms with Gasteiger partial charge < -0.3 is 9.47 Å². The maximum atomic E-state index is 6.66. The molecule has 4 aromatic carbocycles. The maximum Gasteiger partial charge on any atom is 0.0939 e. The van der Waals surface area contributed by atoms with Gasteiger partial charge in [-0.15, -0.1) is 0 Å². The van der Waals surface area contributed by atoms with Crippen LogP contribution < -0.4 is 21.2 Å². The van der Waals surface area contributed by atoms with E-state index in [-0.39, 0.29) is 12.2 Å². The van der Waals surface area contributed by atoms with Gasteiger partial charge >= 0.3 is 0 Å². The summed E-state index contributed by atoms with van der Waals surface area (Å²) >= 11 is 0. The van der Waals surface area contributed by atoms with Crippen molar-refractivity contribution in [3.05, 3.63) is 121 Å². The van der Waals surface area contributed by atoms with Crippen LogP contribution in [-0.4, -0.2) is 36.7 Å². The van der Waals surface area contributed by atoms with Crippen LogP contribution >= 0.6 is 15.8 Å². The molecule has 0 aliphatic carbocycles. The number of ether oxygens (including phenoxy) is 2. The fourth-order valence-electron chi connectivity index (χ4n) is 5.32. The van der Waals surface area contributed by atoms with E-state index in [4.69, 9.17) is 9.47 Å². The molecule has 4 aromatic rings. The lowest BCUT2D eigenvalue weighted by molar-refractivity contribution is 0.0742. The SMILES string of the molecule is c1ccc(P(c2ccccc2)C2CO[C@H]3C2OCC3P(c2ccccc2)c2ccccc2)cc1. The van der Waals surface area contributed by atoms with E-state index in [1.165, 1.54) is 21.2 Å². The van der Waals surface area contributed by atoms with E-state index in [0.717, 1.165) is 13.2 Å². The Hall–Kier alpha value is -2.34. The van der Waals surface area contributed by atoms with Crippen LogP contribution in [0.3, 0.4) is 0 Å². The van der Waals surface area contributed by atoms with Gasteiger partial charge in [-0.3, -0.25) is 0 Å². The van der Waals surface area contributed by atoms with Gasteiger partial charge in [-0.2, -0.15) is 0 Å². The Kier molecular flexibility index (Phi) is 6.58. The monoisotopic (exact) mass is 482 g/mol. The molecule has 0 aromatic heterocycles. The zero-order valence-corrected chi connectivity index (χ0v) is 20.8. The van der Waals surface area contributed by atoms with E-state index in [2.05, 4.69) is 121 Å². The maximum absolute atomic E-state index is 6.66. The summed E-state index contributed by atoms with van der Waals surface area (Å²) in [6.07, 6.45) is 0.267. The molecule has 0 radical (unpaired) electrons. The minimum atomic E-state index is -0.573. The first-order chi connectivity index (χ1) is 16.9. The summed E-state index contributed by atoms with van der Waals surface area (Å²) in [4.78, 5) is 0. The molecule has 2 nitrogen and oxygen atoms in total. The van der Waals surface area contributed by atoms with Crippen molar-refractivity contribution in [2.24, 2.45) is 0 Å². The molecule has 4 heteroatoms. The van der Waals surface area contributed by atoms with Crippen molar-refractivity contribution in [2.45, 2.75) is 23.5 Å². The number of hydrogen-bond donors (Lipinski definition) is 0. The highest BCUT2D eigenvalue weighted by Crippen LogP contribution is 2.53. The van der Waals surface area contributed by atoms with E-state index >= 15 is 0 Å². The minimum absolute atomic E-state index is 0.133. The van der Waals surface area contributed by atoms with Gasteiger partial charge in [0.05, 0.1) is 25.4 Å². The molecule has 6 rings (SSSR count). The third-order valence-electron chi connectivity index (χ3n) is 6.80. The predicted molar refractivity (Wildman–Crippen MR) is 145 cm³/mol. The van der Waals surface area contributed by atoms with Gasteiger partial charge in [-0.05, 0) is 37.1 Å². The van der Waals surface area contributed by atoms with Crippen molar-refractivity contribution in [1.82, 2.24) is 0 Å². The molecule has 2 heterocycles. The molecule has 34 heavy (non-hydrogen) atoms. The Labute approximate surface area is 204 Å². The third-order valence-corrected chi connectivity index (χ3v) is 12.4. The van der Waals surface area contributed by atoms with Gasteiger partial charge in [-0.1, -0.05) is 121 Å². The number of benzene rings is 4. The van der Waals surface area contributed by atoms with Crippen molar-refractivity contribution in [1.29, 1.82) is 0 Å². The fraction of sp³-hybridized carbons (Fsp3) is 0.200. The standard InChI is InChI=1S/C30H28O2P2/c1-5-13-23(14-6-1)33(24-15-7-2-8-16-24)27-21-31-30-28(22-32-29(27)30)34(25-17-9-3-10-18-25)26-19-11-4-12-20-26/h1-20,27-30H,21-22H2/t27?,28?,29-,30?/m1/s1. The van der Waals surface area contributed by atoms with Crippen molar-refractivity contribution in [2.75, 3.05) is 13.2 Å². The Morgan fingerprint density at radius 1 is 0.412 bits per heavy atom. The Bertz CT molecular complexity index is 1010. The number of fused-ring (bicyclic) bond motifs is 1. The summed E-state index contributed by atoms with van der Waals surface area (Å²) in [7, 11) is -1.15. The summed E-state index contributed by atoms with van der Waals surface area (Å²) in [5.41, 5.74) is 0.719. The Morgan fingerprint density at radius 2 is 0.676 bits per heavy atom. The molecule has 2 fully saturated rings. The lowest BCUT2D eigenvalue weighted by Crippen LogP contribution is -2.35. The molecule has 0 saturated carbocycles. The van der Waals surface area contributed by atoms with Crippen molar-refractivity contribution in [3.63, 3.8) is 0 Å². The zero-order chi connectivity index (χ0) is 22.7. The van der Waals surface area contributed by atoms with Gasteiger partial charge in [0.1, 0.15) is 0 Å². The molecule has 0 amide bonds. The molecule has 4 atom stereocenters. The van der Waals surface area contributed by atoms with E-state index in [1.54, 1.807) is 0 Å². The van der Waals surface area contributed by atoms with Crippen molar-refractivity contribution >= 4 is 37.1 Å². The molecule has 3 unspecified atom stereocenters. The van der Waals surface area contributed by atoms with E-state index in [0.29, 0.717) is 11.3 Å². The van der Waals surface area contributed by atoms with Crippen LogP contribution in [0.15, 0.2) is 121 Å². The average molecular weight is 483 g/mol. The van der Waals surface area contributed by atoms with Gasteiger partial charge in [0.15, 0.2) is 0 Å². The summed E-state index contributed by atoms with van der Waals surface area (Å²) in [6, 6.07) is 43.9. The first-order valence-electron chi connectivity index (χ1n) is 11.9. The largest absolute Gasteiger partial charge is 0.374 e. The lowest BCUT2D eigenvalue weighted by atomic mass is 10.2. The summed E-state index contributed by atoms with van der Waals surface area (Å²) in [6.45, 7) is 1.52. The van der Waals surface area contributed by atoms with Crippen LogP contribution in [-0.2, 0) is 9.47 Å². The van der Waals surface area contributed by atoms with Gasteiger partial charge in [0.25, 0.3) is 0 Å². The molecule has 2 aliphatic rings. The van der Waals surface area contributed by atoms with Crippen LogP contribution in [0, 0.1) is 0 Å². The smallest absolute Gasteiger partial charge is 0.0939 e. The van der Waals surface area contributed by atoms with E-state index in [1.807, 2.05) is 0 Å². The van der Waals surface area contributed by atoms with Crippen LogP contribution in [0.4, 0.5) is 0 Å². The van der Waals surface area contributed by atoms with Crippen molar-refractivity contribution < 1.29 is 9.47 Å². The lowest BCUT2D eigenvalue weighted by Gasteiger charge is -2.28. The fourth-order valence-corrected chi connectivity index (χ4v) is 11.0. The quantitative estimate of drug-likeness (QED) is 0.368. The molecular weight excluding hydrogens is 454 g/mol. The molecule has 0 N–H and O–H groups in total. The second kappa shape index (κ2) is 10.1. The molecule has 0 spiro atoms. The first kappa shape index (κ1) is 22.1. The first-order valence-corrected chi connectivity index (χ1v) is 14.7. The minimum Gasteiger partial charge on any atom is -0.374 e. The van der Waals surface area contributed by atoms with Gasteiger partial charge in [-0.25, -0.2) is 0 Å². The Balaban J connectivity index is 1.35. The third kappa shape index (κ3) is 4.26. The topological polar surface area (TPSA) is 18.5 Å². The van der Waals surface area contributed by atoms with Crippen LogP contribution in [0.25, 0.3) is 0 Å². The highest BCUT2D eigenvalue weighted by Gasteiger charge is 2.52. The summed E-state index contributed by atoms with van der Waals surface area (Å²) in [5, 5.41) is 5.61. The highest BCUT2D eigenvalue weighted by molar-refractivity contribution is 7.74.